The van der Waals surface area contributed by atoms with Gasteiger partial charge in [-0.2, -0.15) is 0 Å². The molecule has 15 heavy (non-hydrogen) atoms. The first-order valence-corrected chi connectivity index (χ1v) is 6.67. The molecule has 0 spiro atoms. The fourth-order valence-electron chi connectivity index (χ4n) is 3.07. The third-order valence-electron chi connectivity index (χ3n) is 4.14. The molecule has 1 saturated carbocycles. The summed E-state index contributed by atoms with van der Waals surface area (Å²) in [5, 5.41) is 3.76. The maximum atomic E-state index is 5.72. The fraction of sp³-hybridized carbons (Fsp3) is 1.00. The summed E-state index contributed by atoms with van der Waals surface area (Å²) in [5.74, 6) is 0.971. The van der Waals surface area contributed by atoms with Crippen LogP contribution in [0.4, 0.5) is 0 Å². The smallest absolute Gasteiger partial charge is 0.0726 e. The molecule has 0 aromatic rings. The van der Waals surface area contributed by atoms with Crippen LogP contribution < -0.4 is 5.32 Å². The predicted octanol–water partition coefficient (Wildman–Crippen LogP) is 2.72. The second-order valence-electron chi connectivity index (χ2n) is 5.29. The normalized spacial score (nSPS) is 38.4. The lowest BCUT2D eigenvalue weighted by Gasteiger charge is -2.24. The van der Waals surface area contributed by atoms with E-state index in [1.807, 2.05) is 0 Å². The van der Waals surface area contributed by atoms with Gasteiger partial charge in [0.25, 0.3) is 0 Å². The largest absolute Gasteiger partial charge is 0.377 e. The number of hydrogen-bond acceptors (Lipinski definition) is 2. The fourth-order valence-corrected chi connectivity index (χ4v) is 3.07. The van der Waals surface area contributed by atoms with E-state index in [2.05, 4.69) is 19.2 Å². The molecule has 2 heteroatoms. The Morgan fingerprint density at radius 3 is 2.80 bits per heavy atom. The van der Waals surface area contributed by atoms with Crippen molar-refractivity contribution in [1.82, 2.24) is 5.32 Å². The van der Waals surface area contributed by atoms with Crippen LogP contribution in [0.2, 0.25) is 0 Å². The minimum absolute atomic E-state index is 0.477. The molecule has 0 amide bonds. The van der Waals surface area contributed by atoms with Gasteiger partial charge < -0.3 is 10.1 Å². The van der Waals surface area contributed by atoms with Crippen molar-refractivity contribution >= 4 is 0 Å². The highest BCUT2D eigenvalue weighted by molar-refractivity contribution is 4.85. The van der Waals surface area contributed by atoms with E-state index < -0.39 is 0 Å². The lowest BCUT2D eigenvalue weighted by atomic mass is 10.0. The molecule has 2 fully saturated rings. The Labute approximate surface area is 93.8 Å². The molecule has 4 unspecified atom stereocenters. The Balaban J connectivity index is 1.72. The van der Waals surface area contributed by atoms with Gasteiger partial charge in [0, 0.05) is 18.7 Å². The van der Waals surface area contributed by atoms with Gasteiger partial charge in [-0.3, -0.25) is 0 Å². The maximum Gasteiger partial charge on any atom is 0.0726 e. The molecule has 1 saturated heterocycles. The molecular formula is C13H25NO. The van der Waals surface area contributed by atoms with Gasteiger partial charge in [-0.1, -0.05) is 13.3 Å². The first kappa shape index (κ1) is 11.4. The molecule has 0 aromatic heterocycles. The van der Waals surface area contributed by atoms with Crippen LogP contribution in [0.25, 0.3) is 0 Å². The molecular weight excluding hydrogens is 186 g/mol. The molecule has 0 radical (unpaired) electrons. The summed E-state index contributed by atoms with van der Waals surface area (Å²) in [5.41, 5.74) is 0. The second-order valence-corrected chi connectivity index (χ2v) is 5.29. The highest BCUT2D eigenvalue weighted by Gasteiger charge is 2.28. The van der Waals surface area contributed by atoms with Gasteiger partial charge in [-0.25, -0.2) is 0 Å². The van der Waals surface area contributed by atoms with Crippen LogP contribution in [0.3, 0.4) is 0 Å². The van der Waals surface area contributed by atoms with Crippen molar-refractivity contribution in [3.05, 3.63) is 0 Å². The zero-order valence-electron chi connectivity index (χ0n) is 10.2. The molecule has 1 N–H and O–H groups in total. The summed E-state index contributed by atoms with van der Waals surface area (Å²) in [6.07, 6.45) is 8.50. The van der Waals surface area contributed by atoms with E-state index in [1.54, 1.807) is 0 Å². The SMILES string of the molecule is CCC1CCC(NC(C)C2CCCO2)C1. The standard InChI is InChI=1S/C13H25NO/c1-3-11-6-7-12(9-11)14-10(2)13-5-4-8-15-13/h10-14H,3-9H2,1-2H3. The van der Waals surface area contributed by atoms with Crippen molar-refractivity contribution < 1.29 is 4.74 Å². The van der Waals surface area contributed by atoms with Crippen molar-refractivity contribution in [3.63, 3.8) is 0 Å². The van der Waals surface area contributed by atoms with E-state index >= 15 is 0 Å². The Kier molecular flexibility index (Phi) is 4.04. The van der Waals surface area contributed by atoms with E-state index in [-0.39, 0.29) is 0 Å². The Bertz CT molecular complexity index is 189. The van der Waals surface area contributed by atoms with Crippen LogP contribution in [0.1, 0.15) is 52.4 Å². The summed E-state index contributed by atoms with van der Waals surface area (Å²) in [4.78, 5) is 0. The van der Waals surface area contributed by atoms with Crippen molar-refractivity contribution in [3.8, 4) is 0 Å². The van der Waals surface area contributed by atoms with Crippen molar-refractivity contribution in [2.75, 3.05) is 6.61 Å². The predicted molar refractivity (Wildman–Crippen MR) is 63.0 cm³/mol. The van der Waals surface area contributed by atoms with E-state index in [1.165, 1.54) is 38.5 Å². The first-order chi connectivity index (χ1) is 7.29. The third kappa shape index (κ3) is 2.94. The molecule has 0 bridgehead atoms. The lowest BCUT2D eigenvalue weighted by Crippen LogP contribution is -2.42. The maximum absolute atomic E-state index is 5.72. The highest BCUT2D eigenvalue weighted by Crippen LogP contribution is 2.28. The Hall–Kier alpha value is -0.0800. The Morgan fingerprint density at radius 1 is 1.33 bits per heavy atom. The van der Waals surface area contributed by atoms with E-state index in [4.69, 9.17) is 4.74 Å². The molecule has 1 aliphatic heterocycles. The number of hydrogen-bond donors (Lipinski definition) is 1. The minimum Gasteiger partial charge on any atom is -0.377 e. The van der Waals surface area contributed by atoms with Gasteiger partial charge in [0.2, 0.25) is 0 Å². The minimum atomic E-state index is 0.477. The zero-order valence-corrected chi connectivity index (χ0v) is 10.2. The molecule has 88 valence electrons. The van der Waals surface area contributed by atoms with Gasteiger partial charge in [0.05, 0.1) is 6.10 Å². The average molecular weight is 211 g/mol. The van der Waals surface area contributed by atoms with Gasteiger partial charge in [-0.05, 0) is 44.9 Å². The topological polar surface area (TPSA) is 21.3 Å². The quantitative estimate of drug-likeness (QED) is 0.772. The van der Waals surface area contributed by atoms with Crippen LogP contribution in [-0.2, 0) is 4.74 Å². The van der Waals surface area contributed by atoms with Crippen molar-refractivity contribution in [2.24, 2.45) is 5.92 Å². The van der Waals surface area contributed by atoms with Crippen LogP contribution in [0, 0.1) is 5.92 Å². The summed E-state index contributed by atoms with van der Waals surface area (Å²) in [6, 6.07) is 1.31. The summed E-state index contributed by atoms with van der Waals surface area (Å²) < 4.78 is 5.72. The van der Waals surface area contributed by atoms with Crippen molar-refractivity contribution in [1.29, 1.82) is 0 Å². The summed E-state index contributed by atoms with van der Waals surface area (Å²) in [6.45, 7) is 5.57. The number of nitrogens with one attached hydrogen (secondary N) is 1. The third-order valence-corrected chi connectivity index (χ3v) is 4.14. The van der Waals surface area contributed by atoms with E-state index in [0.29, 0.717) is 12.1 Å². The monoisotopic (exact) mass is 211 g/mol. The van der Waals surface area contributed by atoms with Crippen molar-refractivity contribution in [2.45, 2.75) is 70.6 Å². The molecule has 2 nitrogen and oxygen atoms in total. The summed E-state index contributed by atoms with van der Waals surface area (Å²) in [7, 11) is 0. The lowest BCUT2D eigenvalue weighted by molar-refractivity contribution is 0.0797. The molecule has 2 rings (SSSR count). The second kappa shape index (κ2) is 5.31. The molecule has 2 aliphatic rings. The van der Waals surface area contributed by atoms with Gasteiger partial charge in [-0.15, -0.1) is 0 Å². The van der Waals surface area contributed by atoms with Crippen LogP contribution in [0.5, 0.6) is 0 Å². The number of ether oxygens (including phenoxy) is 1. The van der Waals surface area contributed by atoms with Crippen LogP contribution in [0.15, 0.2) is 0 Å². The van der Waals surface area contributed by atoms with Gasteiger partial charge in [0.1, 0.15) is 0 Å². The zero-order chi connectivity index (χ0) is 10.7. The van der Waals surface area contributed by atoms with Crippen LogP contribution in [-0.4, -0.2) is 24.8 Å². The summed E-state index contributed by atoms with van der Waals surface area (Å²) >= 11 is 0. The van der Waals surface area contributed by atoms with E-state index in [0.717, 1.165) is 18.6 Å². The molecule has 1 aliphatic carbocycles. The Morgan fingerprint density at radius 2 is 2.20 bits per heavy atom. The van der Waals surface area contributed by atoms with Crippen LogP contribution >= 0.6 is 0 Å². The molecule has 1 heterocycles. The molecule has 4 atom stereocenters. The first-order valence-electron chi connectivity index (χ1n) is 6.67. The van der Waals surface area contributed by atoms with E-state index in [9.17, 15) is 0 Å². The van der Waals surface area contributed by atoms with Gasteiger partial charge in [0.15, 0.2) is 0 Å². The average Bonchev–Trinajstić information content (AvgIpc) is 2.87. The highest BCUT2D eigenvalue weighted by atomic mass is 16.5. The number of rotatable bonds is 4. The van der Waals surface area contributed by atoms with Gasteiger partial charge >= 0.3 is 0 Å². The molecule has 0 aromatic carbocycles.